The second kappa shape index (κ2) is 4.77. The van der Waals surface area contributed by atoms with Gasteiger partial charge in [-0.3, -0.25) is 0 Å². The van der Waals surface area contributed by atoms with E-state index in [1.807, 2.05) is 0 Å². The normalized spacial score (nSPS) is 21.5. The van der Waals surface area contributed by atoms with Crippen LogP contribution >= 0.6 is 0 Å². The molecule has 0 amide bonds. The first kappa shape index (κ1) is 11.8. The van der Waals surface area contributed by atoms with Gasteiger partial charge in [0.2, 0.25) is 0 Å². The highest BCUT2D eigenvalue weighted by Crippen LogP contribution is 2.18. The summed E-state index contributed by atoms with van der Waals surface area (Å²) in [5, 5.41) is 27.8. The highest BCUT2D eigenvalue weighted by Gasteiger charge is 2.28. The van der Waals surface area contributed by atoms with Crippen molar-refractivity contribution in [2.75, 3.05) is 6.54 Å². The minimum atomic E-state index is -1.14. The number of aliphatic hydroxyl groups is 3. The van der Waals surface area contributed by atoms with Crippen LogP contribution in [0.4, 0.5) is 0 Å². The maximum atomic E-state index is 9.72. The van der Waals surface area contributed by atoms with Gasteiger partial charge in [0.15, 0.2) is 0 Å². The van der Waals surface area contributed by atoms with E-state index in [9.17, 15) is 5.11 Å². The van der Waals surface area contributed by atoms with E-state index in [1.54, 1.807) is 13.8 Å². The Balaban J connectivity index is 4.04. The molecule has 0 saturated heterocycles. The van der Waals surface area contributed by atoms with Crippen molar-refractivity contribution in [3.8, 4) is 0 Å². The molecule has 5 N–H and O–H groups in total. The second-order valence-electron chi connectivity index (χ2n) is 3.53. The molecule has 0 rings (SSSR count). The lowest BCUT2D eigenvalue weighted by Crippen LogP contribution is -2.42. The summed E-state index contributed by atoms with van der Waals surface area (Å²) in [5.74, 6) is 0. The summed E-state index contributed by atoms with van der Waals surface area (Å²) in [6.07, 6.45) is -0.794. The first-order valence-corrected chi connectivity index (χ1v) is 4.18. The molecule has 4 nitrogen and oxygen atoms in total. The van der Waals surface area contributed by atoms with E-state index in [0.29, 0.717) is 0 Å². The predicted octanol–water partition coefficient (Wildman–Crippen LogP) is -0.782. The molecule has 2 unspecified atom stereocenters. The van der Waals surface area contributed by atoms with Crippen LogP contribution in [0.15, 0.2) is 0 Å². The Morgan fingerprint density at radius 2 is 1.50 bits per heavy atom. The van der Waals surface area contributed by atoms with E-state index >= 15 is 0 Å². The van der Waals surface area contributed by atoms with Gasteiger partial charge in [0.25, 0.3) is 0 Å². The third-order valence-electron chi connectivity index (χ3n) is 1.73. The molecule has 12 heavy (non-hydrogen) atoms. The smallest absolute Gasteiger partial charge is 0.0818 e. The van der Waals surface area contributed by atoms with Crippen LogP contribution in [0.25, 0.3) is 0 Å². The van der Waals surface area contributed by atoms with Gasteiger partial charge in [-0.25, -0.2) is 0 Å². The molecule has 0 aromatic heterocycles. The summed E-state index contributed by atoms with van der Waals surface area (Å²) in [7, 11) is 0. The van der Waals surface area contributed by atoms with Crippen LogP contribution in [-0.4, -0.2) is 39.7 Å². The standard InChI is InChI=1S/C8H19NO3/c1-6(10)3-8(12,5-9)4-7(2)11/h6-7,10-12H,3-5,9H2,1-2H3. The van der Waals surface area contributed by atoms with Crippen LogP contribution in [0.5, 0.6) is 0 Å². The molecule has 0 heterocycles. The predicted molar refractivity (Wildman–Crippen MR) is 46.6 cm³/mol. The van der Waals surface area contributed by atoms with Crippen molar-refractivity contribution >= 4 is 0 Å². The van der Waals surface area contributed by atoms with E-state index in [4.69, 9.17) is 15.9 Å². The highest BCUT2D eigenvalue weighted by atomic mass is 16.3. The van der Waals surface area contributed by atoms with Crippen molar-refractivity contribution in [3.63, 3.8) is 0 Å². The van der Waals surface area contributed by atoms with Crippen LogP contribution in [0.2, 0.25) is 0 Å². The number of rotatable bonds is 5. The average molecular weight is 177 g/mol. The van der Waals surface area contributed by atoms with E-state index in [0.717, 1.165) is 0 Å². The van der Waals surface area contributed by atoms with Gasteiger partial charge in [-0.2, -0.15) is 0 Å². The zero-order valence-electron chi connectivity index (χ0n) is 7.70. The Morgan fingerprint density at radius 3 is 1.67 bits per heavy atom. The lowest BCUT2D eigenvalue weighted by molar-refractivity contribution is -0.0316. The molecule has 0 aliphatic rings. The Hall–Kier alpha value is -0.160. The molecule has 0 radical (unpaired) electrons. The largest absolute Gasteiger partial charge is 0.393 e. The van der Waals surface area contributed by atoms with Crippen molar-refractivity contribution in [1.29, 1.82) is 0 Å². The summed E-state index contributed by atoms with van der Waals surface area (Å²) in [6.45, 7) is 3.23. The summed E-state index contributed by atoms with van der Waals surface area (Å²) < 4.78 is 0. The molecular formula is C8H19NO3. The topological polar surface area (TPSA) is 86.7 Å². The summed E-state index contributed by atoms with van der Waals surface area (Å²) in [4.78, 5) is 0. The number of nitrogens with two attached hydrogens (primary N) is 1. The fourth-order valence-corrected chi connectivity index (χ4v) is 1.35. The molecule has 0 aromatic rings. The van der Waals surface area contributed by atoms with Crippen molar-refractivity contribution in [1.82, 2.24) is 0 Å². The number of hydrogen-bond donors (Lipinski definition) is 4. The molecule has 0 fully saturated rings. The third-order valence-corrected chi connectivity index (χ3v) is 1.73. The Bertz CT molecular complexity index is 115. The lowest BCUT2D eigenvalue weighted by Gasteiger charge is -2.28. The summed E-state index contributed by atoms with van der Waals surface area (Å²) in [5.41, 5.74) is 4.19. The van der Waals surface area contributed by atoms with Crippen molar-refractivity contribution in [2.45, 2.75) is 44.5 Å². The molecule has 0 aliphatic carbocycles. The SMILES string of the molecule is CC(O)CC(O)(CN)CC(C)O. The van der Waals surface area contributed by atoms with E-state index in [1.165, 1.54) is 0 Å². The first-order valence-electron chi connectivity index (χ1n) is 4.18. The Labute approximate surface area is 73.0 Å². The van der Waals surface area contributed by atoms with Crippen LogP contribution in [-0.2, 0) is 0 Å². The van der Waals surface area contributed by atoms with Crippen LogP contribution in [0.3, 0.4) is 0 Å². The molecule has 0 aromatic carbocycles. The van der Waals surface area contributed by atoms with Gasteiger partial charge in [-0.05, 0) is 13.8 Å². The third kappa shape index (κ3) is 4.66. The van der Waals surface area contributed by atoms with Crippen LogP contribution < -0.4 is 5.73 Å². The summed E-state index contributed by atoms with van der Waals surface area (Å²) >= 11 is 0. The molecular weight excluding hydrogens is 158 g/mol. The minimum Gasteiger partial charge on any atom is -0.393 e. The minimum absolute atomic E-state index is 0.0583. The molecule has 0 saturated carbocycles. The van der Waals surface area contributed by atoms with Gasteiger partial charge >= 0.3 is 0 Å². The molecule has 0 aliphatic heterocycles. The highest BCUT2D eigenvalue weighted by molar-refractivity contribution is 4.83. The van der Waals surface area contributed by atoms with Gasteiger partial charge in [-0.15, -0.1) is 0 Å². The Morgan fingerprint density at radius 1 is 1.17 bits per heavy atom. The first-order chi connectivity index (χ1) is 5.39. The number of hydrogen-bond acceptors (Lipinski definition) is 4. The van der Waals surface area contributed by atoms with E-state index in [2.05, 4.69) is 0 Å². The van der Waals surface area contributed by atoms with Crippen molar-refractivity contribution in [2.24, 2.45) is 5.73 Å². The second-order valence-corrected chi connectivity index (χ2v) is 3.53. The molecule has 0 spiro atoms. The zero-order valence-corrected chi connectivity index (χ0v) is 7.70. The van der Waals surface area contributed by atoms with Gasteiger partial charge < -0.3 is 21.1 Å². The van der Waals surface area contributed by atoms with E-state index < -0.39 is 17.8 Å². The zero-order chi connectivity index (χ0) is 9.78. The fraction of sp³-hybridized carbons (Fsp3) is 1.00. The number of aliphatic hydroxyl groups excluding tert-OH is 2. The average Bonchev–Trinajstić information content (AvgIpc) is 1.83. The van der Waals surface area contributed by atoms with Crippen molar-refractivity contribution in [3.05, 3.63) is 0 Å². The van der Waals surface area contributed by atoms with Crippen LogP contribution in [0, 0.1) is 0 Å². The molecule has 2 atom stereocenters. The Kier molecular flexibility index (Phi) is 4.70. The van der Waals surface area contributed by atoms with Gasteiger partial charge in [0.1, 0.15) is 0 Å². The quantitative estimate of drug-likeness (QED) is 0.443. The van der Waals surface area contributed by atoms with Gasteiger partial charge in [0, 0.05) is 19.4 Å². The van der Waals surface area contributed by atoms with E-state index in [-0.39, 0.29) is 19.4 Å². The van der Waals surface area contributed by atoms with Gasteiger partial charge in [0.05, 0.1) is 17.8 Å². The fourth-order valence-electron chi connectivity index (χ4n) is 1.35. The molecule has 0 bridgehead atoms. The van der Waals surface area contributed by atoms with Crippen molar-refractivity contribution < 1.29 is 15.3 Å². The maximum Gasteiger partial charge on any atom is 0.0818 e. The summed E-state index contributed by atoms with van der Waals surface area (Å²) in [6, 6.07) is 0. The molecule has 74 valence electrons. The maximum absolute atomic E-state index is 9.72. The molecule has 4 heteroatoms. The monoisotopic (exact) mass is 177 g/mol. The van der Waals surface area contributed by atoms with Gasteiger partial charge in [-0.1, -0.05) is 0 Å². The lowest BCUT2D eigenvalue weighted by atomic mass is 9.91. The van der Waals surface area contributed by atoms with Crippen LogP contribution in [0.1, 0.15) is 26.7 Å².